The van der Waals surface area contributed by atoms with Crippen molar-refractivity contribution in [2.24, 2.45) is 5.92 Å². The van der Waals surface area contributed by atoms with Crippen molar-refractivity contribution in [1.82, 2.24) is 9.03 Å². The largest absolute Gasteiger partial charge is 0.480 e. The van der Waals surface area contributed by atoms with E-state index in [9.17, 15) is 18.3 Å². The molecule has 0 radical (unpaired) electrons. The highest BCUT2D eigenvalue weighted by atomic mass is 79.9. The number of aliphatic carboxylic acids is 1. The van der Waals surface area contributed by atoms with Crippen molar-refractivity contribution in [3.05, 3.63) is 69.7 Å². The van der Waals surface area contributed by atoms with Gasteiger partial charge in [-0.1, -0.05) is 59.3 Å². The van der Waals surface area contributed by atoms with E-state index in [4.69, 9.17) is 0 Å². The molecule has 2 aliphatic rings. The molecule has 0 bridgehead atoms. The fraction of sp³-hybridized carbons (Fsp3) is 0.316. The number of carboxylic acids is 1. The summed E-state index contributed by atoms with van der Waals surface area (Å²) in [5, 5.41) is 9.87. The van der Waals surface area contributed by atoms with Gasteiger partial charge in [0.05, 0.1) is 0 Å². The SMILES string of the molecule is C[C@@H]1[C@H](c2ccccc2)[C@]1(NS(=O)(=O)N1Cc2ccc(Br)cc2C1)C(=O)O. The molecular formula is C19H19BrN2O4S. The van der Waals surface area contributed by atoms with Crippen LogP contribution in [0.25, 0.3) is 0 Å². The van der Waals surface area contributed by atoms with Crippen LogP contribution >= 0.6 is 15.9 Å². The van der Waals surface area contributed by atoms with Crippen molar-refractivity contribution in [1.29, 1.82) is 0 Å². The Morgan fingerprint density at radius 1 is 1.19 bits per heavy atom. The van der Waals surface area contributed by atoms with Crippen LogP contribution in [-0.4, -0.2) is 29.3 Å². The van der Waals surface area contributed by atoms with Crippen LogP contribution in [0.2, 0.25) is 0 Å². The minimum atomic E-state index is -3.97. The van der Waals surface area contributed by atoms with Crippen molar-refractivity contribution in [3.8, 4) is 0 Å². The number of hydrogen-bond acceptors (Lipinski definition) is 3. The summed E-state index contributed by atoms with van der Waals surface area (Å²) < 4.78 is 30.7. The van der Waals surface area contributed by atoms with Gasteiger partial charge in [0.15, 0.2) is 0 Å². The second kappa shape index (κ2) is 6.41. The Hall–Kier alpha value is -1.74. The third-order valence-electron chi connectivity index (χ3n) is 5.61. The fourth-order valence-corrected chi connectivity index (χ4v) is 6.06. The van der Waals surface area contributed by atoms with Gasteiger partial charge < -0.3 is 5.11 Å². The molecule has 3 atom stereocenters. The van der Waals surface area contributed by atoms with Gasteiger partial charge in [-0.3, -0.25) is 4.79 Å². The number of carboxylic acid groups (broad SMARTS) is 1. The van der Waals surface area contributed by atoms with Crippen molar-refractivity contribution in [2.75, 3.05) is 0 Å². The molecule has 0 aromatic heterocycles. The topological polar surface area (TPSA) is 86.7 Å². The predicted molar refractivity (Wildman–Crippen MR) is 104 cm³/mol. The molecule has 1 aliphatic carbocycles. The summed E-state index contributed by atoms with van der Waals surface area (Å²) >= 11 is 3.39. The van der Waals surface area contributed by atoms with E-state index in [1.807, 2.05) is 48.5 Å². The van der Waals surface area contributed by atoms with Gasteiger partial charge in [-0.25, -0.2) is 0 Å². The average Bonchev–Trinajstić information content (AvgIpc) is 3.00. The fourth-order valence-electron chi connectivity index (χ4n) is 4.08. The first kappa shape index (κ1) is 18.6. The summed E-state index contributed by atoms with van der Waals surface area (Å²) in [7, 11) is -3.97. The van der Waals surface area contributed by atoms with E-state index < -0.39 is 27.6 Å². The molecule has 142 valence electrons. The molecule has 1 heterocycles. The molecule has 4 rings (SSSR count). The molecule has 1 aliphatic heterocycles. The van der Waals surface area contributed by atoms with Crippen molar-refractivity contribution >= 4 is 32.1 Å². The van der Waals surface area contributed by atoms with E-state index in [2.05, 4.69) is 20.7 Å². The zero-order chi connectivity index (χ0) is 19.4. The molecule has 27 heavy (non-hydrogen) atoms. The van der Waals surface area contributed by atoms with Crippen LogP contribution in [0.3, 0.4) is 0 Å². The van der Waals surface area contributed by atoms with E-state index in [1.54, 1.807) is 6.92 Å². The standard InChI is InChI=1S/C19H19BrN2O4S/c1-12-17(13-5-3-2-4-6-13)19(12,18(23)24)21-27(25,26)22-10-14-7-8-16(20)9-15(14)11-22/h2-9,12,17,21H,10-11H2,1H3,(H,23,24)/t12-,17-,19+/m1/s1. The average molecular weight is 451 g/mol. The highest BCUT2D eigenvalue weighted by Gasteiger charge is 2.70. The summed E-state index contributed by atoms with van der Waals surface area (Å²) in [4.78, 5) is 12.1. The number of halogens is 1. The van der Waals surface area contributed by atoms with Gasteiger partial charge in [0.25, 0.3) is 10.2 Å². The Balaban J connectivity index is 1.61. The highest BCUT2D eigenvalue weighted by Crippen LogP contribution is 2.58. The molecule has 2 N–H and O–H groups in total. The Labute approximate surface area is 166 Å². The molecule has 2 aromatic carbocycles. The minimum absolute atomic E-state index is 0.226. The third-order valence-corrected chi connectivity index (χ3v) is 7.64. The summed E-state index contributed by atoms with van der Waals surface area (Å²) in [5.74, 6) is -1.89. The van der Waals surface area contributed by atoms with Gasteiger partial charge in [-0.15, -0.1) is 0 Å². The van der Waals surface area contributed by atoms with Crippen LogP contribution in [0.5, 0.6) is 0 Å². The Kier molecular flexibility index (Phi) is 4.42. The maximum Gasteiger partial charge on any atom is 0.325 e. The highest BCUT2D eigenvalue weighted by molar-refractivity contribution is 9.10. The maximum atomic E-state index is 13.0. The first-order valence-electron chi connectivity index (χ1n) is 8.60. The first-order valence-corrected chi connectivity index (χ1v) is 10.8. The predicted octanol–water partition coefficient (Wildman–Crippen LogP) is 2.86. The summed E-state index contributed by atoms with van der Waals surface area (Å²) in [5.41, 5.74) is 1.15. The normalized spacial score (nSPS) is 27.3. The van der Waals surface area contributed by atoms with Gasteiger partial charge >= 0.3 is 5.97 Å². The molecule has 0 saturated heterocycles. The number of rotatable bonds is 5. The number of carbonyl (C=O) groups is 1. The van der Waals surface area contributed by atoms with Gasteiger partial charge in [-0.2, -0.15) is 17.4 Å². The zero-order valence-corrected chi connectivity index (χ0v) is 17.0. The number of fused-ring (bicyclic) bond motifs is 1. The monoisotopic (exact) mass is 450 g/mol. The molecular weight excluding hydrogens is 432 g/mol. The van der Waals surface area contributed by atoms with E-state index in [1.165, 1.54) is 4.31 Å². The Morgan fingerprint density at radius 3 is 2.52 bits per heavy atom. The van der Waals surface area contributed by atoms with E-state index in [-0.39, 0.29) is 19.0 Å². The summed E-state index contributed by atoms with van der Waals surface area (Å²) in [6, 6.07) is 14.8. The molecule has 1 fully saturated rings. The summed E-state index contributed by atoms with van der Waals surface area (Å²) in [6.45, 7) is 2.23. The number of benzene rings is 2. The molecule has 2 aromatic rings. The number of nitrogens with zero attached hydrogens (tertiary/aromatic N) is 1. The van der Waals surface area contributed by atoms with Gasteiger partial charge in [0, 0.05) is 23.5 Å². The maximum absolute atomic E-state index is 13.0. The lowest BCUT2D eigenvalue weighted by molar-refractivity contribution is -0.140. The summed E-state index contributed by atoms with van der Waals surface area (Å²) in [6.07, 6.45) is 0. The van der Waals surface area contributed by atoms with Crippen molar-refractivity contribution in [3.63, 3.8) is 0 Å². The first-order chi connectivity index (χ1) is 12.8. The van der Waals surface area contributed by atoms with E-state index in [0.717, 1.165) is 21.2 Å². The molecule has 0 unspecified atom stereocenters. The van der Waals surface area contributed by atoms with Crippen LogP contribution in [0.1, 0.15) is 29.5 Å². The number of hydrogen-bond donors (Lipinski definition) is 2. The van der Waals surface area contributed by atoms with Gasteiger partial charge in [0.2, 0.25) is 0 Å². The van der Waals surface area contributed by atoms with Crippen molar-refractivity contribution < 1.29 is 18.3 Å². The molecule has 8 heteroatoms. The quantitative estimate of drug-likeness (QED) is 0.732. The molecule has 0 amide bonds. The van der Waals surface area contributed by atoms with Crippen LogP contribution < -0.4 is 4.72 Å². The minimum Gasteiger partial charge on any atom is -0.480 e. The van der Waals surface area contributed by atoms with Crippen molar-refractivity contribution in [2.45, 2.75) is 31.5 Å². The second-order valence-corrected chi connectivity index (χ2v) is 9.73. The Morgan fingerprint density at radius 2 is 1.85 bits per heavy atom. The Bertz CT molecular complexity index is 1010. The molecule has 1 saturated carbocycles. The van der Waals surface area contributed by atoms with Crippen LogP contribution in [-0.2, 0) is 28.1 Å². The van der Waals surface area contributed by atoms with E-state index >= 15 is 0 Å². The lowest BCUT2D eigenvalue weighted by Gasteiger charge is -2.21. The zero-order valence-electron chi connectivity index (χ0n) is 14.6. The van der Waals surface area contributed by atoms with Crippen LogP contribution in [0.15, 0.2) is 53.0 Å². The van der Waals surface area contributed by atoms with Gasteiger partial charge in [-0.05, 0) is 34.7 Å². The van der Waals surface area contributed by atoms with Crippen LogP contribution in [0.4, 0.5) is 0 Å². The number of nitrogens with one attached hydrogen (secondary N) is 1. The van der Waals surface area contributed by atoms with Gasteiger partial charge in [0.1, 0.15) is 5.54 Å². The smallest absolute Gasteiger partial charge is 0.325 e. The molecule has 0 spiro atoms. The van der Waals surface area contributed by atoms with Crippen LogP contribution in [0, 0.1) is 5.92 Å². The lowest BCUT2D eigenvalue weighted by atomic mass is 10.1. The third kappa shape index (κ3) is 3.00. The molecule has 6 nitrogen and oxygen atoms in total. The second-order valence-electron chi connectivity index (χ2n) is 7.14. The lowest BCUT2D eigenvalue weighted by Crippen LogP contribution is -2.50. The van der Waals surface area contributed by atoms with E-state index in [0.29, 0.717) is 0 Å².